The number of halogens is 1. The van der Waals surface area contributed by atoms with Gasteiger partial charge in [0.05, 0.1) is 16.3 Å². The summed E-state index contributed by atoms with van der Waals surface area (Å²) in [6.45, 7) is 1.35. The molecule has 1 amide bonds. The van der Waals surface area contributed by atoms with E-state index >= 15 is 0 Å². The summed E-state index contributed by atoms with van der Waals surface area (Å²) in [5, 5.41) is 7.67. The highest BCUT2D eigenvalue weighted by molar-refractivity contribution is 7.90. The molecule has 0 saturated heterocycles. The van der Waals surface area contributed by atoms with Gasteiger partial charge in [-0.1, -0.05) is 41.9 Å². The van der Waals surface area contributed by atoms with Crippen LogP contribution in [-0.2, 0) is 14.6 Å². The van der Waals surface area contributed by atoms with Crippen molar-refractivity contribution in [2.24, 2.45) is 0 Å². The molecule has 0 unspecified atom stereocenters. The van der Waals surface area contributed by atoms with Crippen molar-refractivity contribution < 1.29 is 22.7 Å². The number of hydrogen-bond acceptors (Lipinski definition) is 6. The maximum Gasteiger partial charge on any atom is 0.347 e. The Morgan fingerprint density at radius 1 is 1.00 bits per heavy atom. The summed E-state index contributed by atoms with van der Waals surface area (Å²) < 4.78 is 30.8. The first-order valence-corrected chi connectivity index (χ1v) is 12.6. The molecule has 3 aromatic carbocycles. The fraction of sp³-hybridized carbons (Fsp3) is 0.0800. The lowest BCUT2D eigenvalue weighted by Crippen LogP contribution is -2.12. The van der Waals surface area contributed by atoms with Crippen molar-refractivity contribution >= 4 is 39.0 Å². The van der Waals surface area contributed by atoms with Crippen LogP contribution in [0.2, 0.25) is 5.02 Å². The molecule has 0 spiro atoms. The molecule has 0 aliphatic rings. The van der Waals surface area contributed by atoms with E-state index in [0.717, 1.165) is 6.26 Å². The second-order valence-corrected chi connectivity index (χ2v) is 10.1. The maximum atomic E-state index is 13.3. The Morgan fingerprint density at radius 2 is 1.71 bits per heavy atom. The largest absolute Gasteiger partial charge is 0.421 e. The molecule has 1 N–H and O–H groups in total. The quantitative estimate of drug-likeness (QED) is 0.296. The SMILES string of the molecule is CC(=O)Nc1ccccc1OC(=O)c1cn(-c2cccc(Cl)c2)nc1-c1ccc(S(C)(=O)=O)cc1. The molecule has 4 aromatic rings. The third-order valence-electron chi connectivity index (χ3n) is 4.96. The van der Waals surface area contributed by atoms with Gasteiger partial charge in [-0.15, -0.1) is 0 Å². The van der Waals surface area contributed by atoms with Gasteiger partial charge in [0, 0.05) is 30.0 Å². The van der Waals surface area contributed by atoms with Crippen molar-refractivity contribution in [3.05, 3.63) is 89.6 Å². The zero-order valence-corrected chi connectivity index (χ0v) is 20.3. The van der Waals surface area contributed by atoms with Crippen molar-refractivity contribution in [1.29, 1.82) is 0 Å². The predicted molar refractivity (Wildman–Crippen MR) is 133 cm³/mol. The molecule has 0 aliphatic carbocycles. The van der Waals surface area contributed by atoms with E-state index in [4.69, 9.17) is 16.3 Å². The first-order valence-electron chi connectivity index (χ1n) is 10.4. The fourth-order valence-corrected chi connectivity index (χ4v) is 4.17. The summed E-state index contributed by atoms with van der Waals surface area (Å²) >= 11 is 6.12. The van der Waals surface area contributed by atoms with E-state index in [-0.39, 0.29) is 27.8 Å². The van der Waals surface area contributed by atoms with Crippen LogP contribution in [0.4, 0.5) is 5.69 Å². The number of ether oxygens (including phenoxy) is 1. The molecule has 0 aliphatic heterocycles. The number of carbonyl (C=O) groups excluding carboxylic acids is 2. The Kier molecular flexibility index (Phi) is 6.72. The molecule has 0 saturated carbocycles. The van der Waals surface area contributed by atoms with Crippen LogP contribution in [0.25, 0.3) is 16.9 Å². The molecule has 1 heterocycles. The van der Waals surface area contributed by atoms with Crippen LogP contribution >= 0.6 is 11.6 Å². The molecule has 0 radical (unpaired) electrons. The van der Waals surface area contributed by atoms with Crippen molar-refractivity contribution in [3.8, 4) is 22.7 Å². The molecular formula is C25H20ClN3O5S. The molecule has 0 bridgehead atoms. The number of rotatable bonds is 6. The minimum atomic E-state index is -3.39. The fourth-order valence-electron chi connectivity index (χ4n) is 3.35. The minimum absolute atomic E-state index is 0.134. The van der Waals surface area contributed by atoms with Gasteiger partial charge in [-0.2, -0.15) is 5.10 Å². The molecule has 0 fully saturated rings. The van der Waals surface area contributed by atoms with E-state index in [1.165, 1.54) is 29.9 Å². The van der Waals surface area contributed by atoms with Gasteiger partial charge in [-0.05, 0) is 42.5 Å². The van der Waals surface area contributed by atoms with Gasteiger partial charge in [0.15, 0.2) is 15.6 Å². The van der Waals surface area contributed by atoms with Gasteiger partial charge in [0.1, 0.15) is 11.3 Å². The van der Waals surface area contributed by atoms with Crippen LogP contribution in [0.1, 0.15) is 17.3 Å². The Morgan fingerprint density at radius 3 is 2.37 bits per heavy atom. The number of carbonyl (C=O) groups is 2. The summed E-state index contributed by atoms with van der Waals surface area (Å²) in [5.74, 6) is -0.853. The monoisotopic (exact) mass is 509 g/mol. The highest BCUT2D eigenvalue weighted by Crippen LogP contribution is 2.29. The third-order valence-corrected chi connectivity index (χ3v) is 6.33. The lowest BCUT2D eigenvalue weighted by molar-refractivity contribution is -0.114. The van der Waals surface area contributed by atoms with Gasteiger partial charge in [0.25, 0.3) is 0 Å². The second kappa shape index (κ2) is 9.73. The zero-order valence-electron chi connectivity index (χ0n) is 18.7. The number of nitrogens with one attached hydrogen (secondary N) is 1. The van der Waals surface area contributed by atoms with Crippen LogP contribution < -0.4 is 10.1 Å². The Balaban J connectivity index is 1.78. The minimum Gasteiger partial charge on any atom is -0.421 e. The summed E-state index contributed by atoms with van der Waals surface area (Å²) in [5.41, 5.74) is 1.89. The summed E-state index contributed by atoms with van der Waals surface area (Å²) in [6, 6.07) is 19.5. The standard InChI is InChI=1S/C25H20ClN3O5S/c1-16(30)27-22-8-3-4-9-23(22)34-25(31)21-15-29(19-7-5-6-18(26)14-19)28-24(21)17-10-12-20(13-11-17)35(2,32)33/h3-15H,1-2H3,(H,27,30). The lowest BCUT2D eigenvalue weighted by Gasteiger charge is -2.10. The first-order chi connectivity index (χ1) is 16.6. The van der Waals surface area contributed by atoms with E-state index in [1.807, 2.05) is 0 Å². The number of sulfone groups is 1. The number of anilines is 1. The first kappa shape index (κ1) is 24.2. The van der Waals surface area contributed by atoms with Crippen molar-refractivity contribution in [1.82, 2.24) is 9.78 Å². The molecule has 8 nitrogen and oxygen atoms in total. The van der Waals surface area contributed by atoms with Gasteiger partial charge in [-0.3, -0.25) is 4.79 Å². The summed E-state index contributed by atoms with van der Waals surface area (Å²) in [6.07, 6.45) is 2.63. The molecule has 10 heteroatoms. The Labute approximate surface area is 207 Å². The predicted octanol–water partition coefficient (Wildman–Crippen LogP) is 4.77. The third kappa shape index (κ3) is 5.59. The van der Waals surface area contributed by atoms with Crippen LogP contribution in [-0.4, -0.2) is 36.3 Å². The number of para-hydroxylation sites is 2. The second-order valence-electron chi connectivity index (χ2n) is 7.68. The maximum absolute atomic E-state index is 13.3. The van der Waals surface area contributed by atoms with E-state index in [0.29, 0.717) is 22.0 Å². The van der Waals surface area contributed by atoms with E-state index in [2.05, 4.69) is 10.4 Å². The highest BCUT2D eigenvalue weighted by Gasteiger charge is 2.22. The van der Waals surface area contributed by atoms with E-state index < -0.39 is 15.8 Å². The van der Waals surface area contributed by atoms with Crippen molar-refractivity contribution in [2.45, 2.75) is 11.8 Å². The lowest BCUT2D eigenvalue weighted by atomic mass is 10.1. The number of nitrogens with zero attached hydrogens (tertiary/aromatic N) is 2. The van der Waals surface area contributed by atoms with Crippen LogP contribution in [0.5, 0.6) is 5.75 Å². The van der Waals surface area contributed by atoms with Gasteiger partial charge in [0.2, 0.25) is 5.91 Å². The topological polar surface area (TPSA) is 107 Å². The zero-order chi connectivity index (χ0) is 25.2. The molecule has 178 valence electrons. The number of amides is 1. The molecule has 35 heavy (non-hydrogen) atoms. The Bertz CT molecular complexity index is 1530. The van der Waals surface area contributed by atoms with Crippen molar-refractivity contribution in [3.63, 3.8) is 0 Å². The van der Waals surface area contributed by atoms with Crippen LogP contribution in [0, 0.1) is 0 Å². The normalized spacial score (nSPS) is 11.2. The van der Waals surface area contributed by atoms with Crippen LogP contribution in [0.15, 0.2) is 83.9 Å². The van der Waals surface area contributed by atoms with Gasteiger partial charge >= 0.3 is 5.97 Å². The van der Waals surface area contributed by atoms with E-state index in [9.17, 15) is 18.0 Å². The summed E-state index contributed by atoms with van der Waals surface area (Å²) in [7, 11) is -3.39. The number of aromatic nitrogens is 2. The molecular weight excluding hydrogens is 490 g/mol. The number of hydrogen-bond donors (Lipinski definition) is 1. The van der Waals surface area contributed by atoms with Gasteiger partial charge < -0.3 is 10.1 Å². The Hall–Kier alpha value is -3.95. The van der Waals surface area contributed by atoms with E-state index in [1.54, 1.807) is 60.7 Å². The smallest absolute Gasteiger partial charge is 0.347 e. The van der Waals surface area contributed by atoms with Crippen molar-refractivity contribution in [2.75, 3.05) is 11.6 Å². The molecule has 0 atom stereocenters. The molecule has 1 aromatic heterocycles. The van der Waals surface area contributed by atoms with Gasteiger partial charge in [-0.25, -0.2) is 17.9 Å². The number of esters is 1. The average molecular weight is 510 g/mol. The van der Waals surface area contributed by atoms with Crippen LogP contribution in [0.3, 0.4) is 0 Å². The highest BCUT2D eigenvalue weighted by atomic mass is 35.5. The summed E-state index contributed by atoms with van der Waals surface area (Å²) in [4.78, 5) is 24.9. The average Bonchev–Trinajstić information content (AvgIpc) is 3.25. The molecule has 4 rings (SSSR count). The number of benzene rings is 3.